The average Bonchev–Trinajstić information content (AvgIpc) is 2.43. The van der Waals surface area contributed by atoms with Gasteiger partial charge in [0.15, 0.2) is 47.1 Å². The zero-order chi connectivity index (χ0) is 64.8. The molecule has 0 saturated carbocycles. The zero-order valence-electron chi connectivity index (χ0n) is 49.7. The maximum absolute atomic E-state index is 13.0. The van der Waals surface area contributed by atoms with Gasteiger partial charge in [-0.15, -0.1) is 0 Å². The molecule has 37 heteroatoms. The maximum atomic E-state index is 13.0. The van der Waals surface area contributed by atoms with Crippen molar-refractivity contribution >= 4 is 85.5 Å². The van der Waals surface area contributed by atoms with Crippen LogP contribution in [0.25, 0.3) is 33.5 Å². The molecule has 8 atom stereocenters. The van der Waals surface area contributed by atoms with E-state index in [-0.39, 0.29) is 68.0 Å². The Labute approximate surface area is 515 Å². The molecule has 0 aliphatic carbocycles. The molecule has 0 spiro atoms. The van der Waals surface area contributed by atoms with Crippen LogP contribution in [0, 0.1) is 11.8 Å². The Balaban J connectivity index is 0.000000182. The Kier molecular flexibility index (Phi) is 23.4. The van der Waals surface area contributed by atoms with Gasteiger partial charge in [-0.1, -0.05) is 52.0 Å². The van der Waals surface area contributed by atoms with Crippen molar-refractivity contribution in [2.45, 2.75) is 90.6 Å². The molecule has 2 aromatic carbocycles. The summed E-state index contributed by atoms with van der Waals surface area (Å²) in [5.74, 6) is 1.61. The number of hydrogen-bond acceptors (Lipinski definition) is 27. The van der Waals surface area contributed by atoms with Gasteiger partial charge in [0, 0.05) is 13.1 Å². The third-order valence-electron chi connectivity index (χ3n) is 13.3. The maximum Gasteiger partial charge on any atom is 0.404 e. The average molecular weight is 1310 g/mol. The highest BCUT2D eigenvalue weighted by Gasteiger charge is 2.36. The molecular weight excluding hydrogens is 1240 g/mol. The van der Waals surface area contributed by atoms with Gasteiger partial charge in [-0.2, -0.15) is 0 Å². The SMILES string of the molecule is CC(C)CNC(=O)[C@@H](N)Cc1ccc(OP(=O)(O)CO[C@H](CO)Cn2cnc3c(N)ncnc32)cc1.CC(C)CNC(=O)[C@@H](N)Cc1ccc(OP2(=O)CO[C@@H](Cn3cnc4c(N)ncnc43)CO2)cc1.Nc1ncnc2c1ncn2C[C@H]1COP(=O)(O)CO1. The number of imidazole rings is 3. The van der Waals surface area contributed by atoms with Crippen molar-refractivity contribution in [3.63, 3.8) is 0 Å². The van der Waals surface area contributed by atoms with Crippen LogP contribution in [0.5, 0.6) is 11.5 Å². The van der Waals surface area contributed by atoms with Crippen molar-refractivity contribution in [3.05, 3.63) is 97.6 Å². The van der Waals surface area contributed by atoms with Crippen LogP contribution in [0.15, 0.2) is 86.5 Å². The van der Waals surface area contributed by atoms with Crippen molar-refractivity contribution in [1.82, 2.24) is 69.2 Å². The van der Waals surface area contributed by atoms with Gasteiger partial charge in [-0.25, -0.2) is 54.0 Å². The van der Waals surface area contributed by atoms with Crippen molar-refractivity contribution in [2.75, 3.05) is 69.2 Å². The molecule has 0 bridgehead atoms. The number of carbonyl (C=O) groups is 2. The third kappa shape index (κ3) is 19.4. The molecule has 2 aliphatic heterocycles. The van der Waals surface area contributed by atoms with Crippen LogP contribution in [0.4, 0.5) is 17.5 Å². The van der Waals surface area contributed by atoms with E-state index in [9.17, 15) is 38.2 Å². The van der Waals surface area contributed by atoms with E-state index in [4.69, 9.17) is 61.0 Å². The number of amides is 2. The van der Waals surface area contributed by atoms with Gasteiger partial charge in [0.2, 0.25) is 11.8 Å². The van der Waals surface area contributed by atoms with Gasteiger partial charge < -0.3 is 95.7 Å². The highest BCUT2D eigenvalue weighted by Crippen LogP contribution is 2.51. The molecule has 34 nitrogen and oxygen atoms in total. The summed E-state index contributed by atoms with van der Waals surface area (Å²) >= 11 is 0. The predicted molar refractivity (Wildman–Crippen MR) is 328 cm³/mol. The molecular formula is C53H74N19O15P3. The number of carbonyl (C=O) groups excluding carboxylic acids is 2. The largest absolute Gasteiger partial charge is 0.423 e. The molecule has 10 rings (SSSR count). The molecule has 3 unspecified atom stereocenters. The van der Waals surface area contributed by atoms with Gasteiger partial charge >= 0.3 is 22.8 Å². The van der Waals surface area contributed by atoms with E-state index < -0.39 is 53.9 Å². The number of aliphatic hydroxyl groups is 1. The molecule has 15 N–H and O–H groups in total. The van der Waals surface area contributed by atoms with E-state index in [0.29, 0.717) is 102 Å². The number of aromatic nitrogens is 12. The summed E-state index contributed by atoms with van der Waals surface area (Å²) in [6.07, 6.45) is 6.69. The van der Waals surface area contributed by atoms with E-state index in [1.807, 2.05) is 27.7 Å². The van der Waals surface area contributed by atoms with E-state index in [1.54, 1.807) is 62.8 Å². The molecule has 486 valence electrons. The second-order valence-electron chi connectivity index (χ2n) is 21.8. The molecule has 2 saturated heterocycles. The number of fused-ring (bicyclic) bond motifs is 3. The van der Waals surface area contributed by atoms with Crippen LogP contribution in [0.1, 0.15) is 38.8 Å². The Morgan fingerprint density at radius 2 is 1.09 bits per heavy atom. The first-order valence-electron chi connectivity index (χ1n) is 28.2. The number of hydrogen-bond donors (Lipinski definition) is 10. The molecule has 8 aromatic rings. The monoisotopic (exact) mass is 1310 g/mol. The predicted octanol–water partition coefficient (Wildman–Crippen LogP) is 2.31. The number of benzene rings is 2. The van der Waals surface area contributed by atoms with Crippen molar-refractivity contribution in [1.29, 1.82) is 0 Å². The number of nitrogens with one attached hydrogen (secondary N) is 2. The van der Waals surface area contributed by atoms with E-state index in [0.717, 1.165) is 11.1 Å². The first-order chi connectivity index (χ1) is 42.8. The third-order valence-corrected chi connectivity index (χ3v) is 16.8. The number of anilines is 3. The minimum absolute atomic E-state index is 0.0496. The first kappa shape index (κ1) is 68.2. The lowest BCUT2D eigenvalue weighted by molar-refractivity contribution is -0.123. The zero-order valence-corrected chi connectivity index (χ0v) is 52.3. The normalized spacial score (nSPS) is 20.1. The molecule has 0 radical (unpaired) electrons. The molecule has 8 heterocycles. The fourth-order valence-electron chi connectivity index (χ4n) is 8.63. The molecule has 2 amide bonds. The topological polar surface area (TPSA) is 496 Å². The summed E-state index contributed by atoms with van der Waals surface area (Å²) < 4.78 is 79.6. The van der Waals surface area contributed by atoms with E-state index >= 15 is 0 Å². The van der Waals surface area contributed by atoms with Crippen LogP contribution in [-0.2, 0) is 79.0 Å². The van der Waals surface area contributed by atoms with Gasteiger partial charge in [0.25, 0.3) is 0 Å². The van der Waals surface area contributed by atoms with Gasteiger partial charge in [0.1, 0.15) is 65.6 Å². The summed E-state index contributed by atoms with van der Waals surface area (Å²) in [5, 5.41) is 15.3. The number of nitrogens with zero attached hydrogens (tertiary/aromatic N) is 12. The lowest BCUT2D eigenvalue weighted by Gasteiger charge is -2.29. The summed E-state index contributed by atoms with van der Waals surface area (Å²) in [4.78, 5) is 80.1. The molecule has 6 aromatic heterocycles. The lowest BCUT2D eigenvalue weighted by atomic mass is 10.1. The van der Waals surface area contributed by atoms with Crippen molar-refractivity contribution in [2.24, 2.45) is 23.3 Å². The Bertz CT molecular complexity index is 3820. The smallest absolute Gasteiger partial charge is 0.404 e. The van der Waals surface area contributed by atoms with Crippen LogP contribution >= 0.6 is 22.8 Å². The Hall–Kier alpha value is -7.68. The van der Waals surface area contributed by atoms with Crippen LogP contribution in [-0.4, -0.2) is 168 Å². The Morgan fingerprint density at radius 1 is 0.656 bits per heavy atom. The summed E-state index contributed by atoms with van der Waals surface area (Å²) in [7, 11) is -11.2. The highest BCUT2D eigenvalue weighted by atomic mass is 31.2. The summed E-state index contributed by atoms with van der Waals surface area (Å²) in [5.41, 5.74) is 33.9. The second-order valence-corrected chi connectivity index (χ2v) is 27.2. The minimum Gasteiger partial charge on any atom is -0.423 e. The number of aliphatic hydroxyl groups excluding tert-OH is 1. The molecule has 90 heavy (non-hydrogen) atoms. The number of nitrogens with two attached hydrogens (primary N) is 5. The second kappa shape index (κ2) is 30.9. The van der Waals surface area contributed by atoms with Gasteiger partial charge in [0.05, 0.1) is 76.6 Å². The van der Waals surface area contributed by atoms with Gasteiger partial charge in [-0.3, -0.25) is 18.7 Å². The standard InChI is InChI=1S/C22H32N7O6P.C22H30N7O5P.C9H12N5O4P/c1-14(2)8-25-22(31)18(23)7-15-3-5-16(6-4-15)35-36(32,33)13-34-17(10-30)9-29-12-28-19-20(24)26-11-27-21(19)29;1-14(2)8-25-22(30)18(23)7-15-3-5-16(6-4-15)34-35(31)13-32-17(10-33-35)9-29-12-28-19-20(24)26-11-27-21(19)29;10-8-7-9(12-3-11-8)14(4-13-7)1-6-2-18-19(15,16)5-17-6/h3-6,11-12,14,17-18,30H,7-10,13,23H2,1-2H3,(H,25,31)(H,32,33)(H2,24,26,27);3-6,11-12,14,17-18H,7-10,13,23H2,1-2H3,(H,25,30)(H2,24,26,27);3-4,6H,1-2,5H2,(H,15,16)(H2,10,11,12)/t17-,18-;17-,18-,35?;6-/m000/s1. The number of nitrogen functional groups attached to an aromatic ring is 3. The molecule has 2 fully saturated rings. The highest BCUT2D eigenvalue weighted by molar-refractivity contribution is 7.54. The first-order valence-corrected chi connectivity index (χ1v) is 33.5. The molecule has 2 aliphatic rings. The fourth-order valence-corrected chi connectivity index (χ4v) is 11.8. The number of rotatable bonds is 24. The fraction of sp³-hybridized carbons (Fsp3) is 0.453. The quantitative estimate of drug-likeness (QED) is 0.0388. The van der Waals surface area contributed by atoms with E-state index in [2.05, 4.69) is 55.5 Å². The summed E-state index contributed by atoms with van der Waals surface area (Å²) in [6, 6.07) is 11.9. The minimum atomic E-state index is -4.20. The van der Waals surface area contributed by atoms with Crippen LogP contribution in [0.2, 0.25) is 0 Å². The van der Waals surface area contributed by atoms with Gasteiger partial charge in [-0.05, 0) is 60.1 Å². The number of ether oxygens (including phenoxy) is 3. The van der Waals surface area contributed by atoms with Crippen LogP contribution < -0.4 is 48.3 Å². The van der Waals surface area contributed by atoms with Crippen molar-refractivity contribution in [3.8, 4) is 11.5 Å². The summed E-state index contributed by atoms with van der Waals surface area (Å²) in [6.45, 7) is 9.79. The lowest BCUT2D eigenvalue weighted by Crippen LogP contribution is -2.43. The van der Waals surface area contributed by atoms with Crippen molar-refractivity contribution < 1.29 is 70.5 Å². The van der Waals surface area contributed by atoms with Crippen LogP contribution in [0.3, 0.4) is 0 Å². The van der Waals surface area contributed by atoms with E-state index in [1.165, 1.54) is 37.4 Å². The Morgan fingerprint density at radius 3 is 1.51 bits per heavy atom.